The molecule has 1 aromatic heterocycles. The van der Waals surface area contributed by atoms with Crippen molar-refractivity contribution in [1.82, 2.24) is 4.37 Å². The molecule has 2 nitrogen and oxygen atoms in total. The minimum absolute atomic E-state index is 0.165. The zero-order chi connectivity index (χ0) is 13.8. The van der Waals surface area contributed by atoms with Gasteiger partial charge < -0.3 is 5.73 Å². The summed E-state index contributed by atoms with van der Waals surface area (Å²) in [5, 5.41) is 0. The Morgan fingerprint density at radius 3 is 2.56 bits per heavy atom. The molecule has 1 heterocycles. The second-order valence-corrected chi connectivity index (χ2v) is 5.92. The van der Waals surface area contributed by atoms with Gasteiger partial charge in [0.05, 0.1) is 4.88 Å². The Balaban J connectivity index is 3.27. The topological polar surface area (TPSA) is 38.9 Å². The van der Waals surface area contributed by atoms with Gasteiger partial charge >= 0.3 is 0 Å². The van der Waals surface area contributed by atoms with E-state index in [-0.39, 0.29) is 5.41 Å². The number of nitrogens with two attached hydrogens (primary N) is 1. The molecule has 0 fully saturated rings. The first kappa shape index (κ1) is 15.0. The predicted molar refractivity (Wildman–Crippen MR) is 83.6 cm³/mol. The van der Waals surface area contributed by atoms with Crippen LogP contribution in [0.1, 0.15) is 57.9 Å². The Morgan fingerprint density at radius 2 is 2.06 bits per heavy atom. The van der Waals surface area contributed by atoms with E-state index in [4.69, 9.17) is 5.73 Å². The van der Waals surface area contributed by atoms with Crippen LogP contribution in [-0.2, 0) is 0 Å². The normalized spacial score (nSPS) is 13.5. The number of hydrogen-bond acceptors (Lipinski definition) is 3. The van der Waals surface area contributed by atoms with Gasteiger partial charge in [0.25, 0.3) is 0 Å². The molecule has 1 rings (SSSR count). The first-order valence-corrected chi connectivity index (χ1v) is 7.30. The maximum Gasteiger partial charge on any atom is 0.144 e. The van der Waals surface area contributed by atoms with Crippen LogP contribution < -0.4 is 5.73 Å². The molecule has 100 valence electrons. The van der Waals surface area contributed by atoms with Crippen molar-refractivity contribution in [2.24, 2.45) is 5.41 Å². The van der Waals surface area contributed by atoms with Gasteiger partial charge in [-0.15, -0.1) is 0 Å². The summed E-state index contributed by atoms with van der Waals surface area (Å²) in [6, 6.07) is 0. The van der Waals surface area contributed by atoms with Gasteiger partial charge in [0.15, 0.2) is 0 Å². The molecule has 1 aromatic rings. The van der Waals surface area contributed by atoms with Crippen LogP contribution in [0.5, 0.6) is 0 Å². The van der Waals surface area contributed by atoms with Gasteiger partial charge in [-0.3, -0.25) is 0 Å². The molecule has 0 saturated carbocycles. The quantitative estimate of drug-likeness (QED) is 0.814. The molecule has 0 saturated heterocycles. The highest BCUT2D eigenvalue weighted by molar-refractivity contribution is 7.07. The van der Waals surface area contributed by atoms with Crippen LogP contribution in [0, 0.1) is 5.41 Å². The molecule has 2 N–H and O–H groups in total. The minimum Gasteiger partial charge on any atom is -0.382 e. The molecule has 0 aliphatic rings. The summed E-state index contributed by atoms with van der Waals surface area (Å²) in [6.45, 7) is 10.9. The molecule has 0 amide bonds. The van der Waals surface area contributed by atoms with Crippen LogP contribution in [0.4, 0.5) is 5.82 Å². The summed E-state index contributed by atoms with van der Waals surface area (Å²) in [4.78, 5) is 1.21. The van der Waals surface area contributed by atoms with Gasteiger partial charge in [0.2, 0.25) is 0 Å². The van der Waals surface area contributed by atoms with Gasteiger partial charge in [-0.2, -0.15) is 4.37 Å². The fraction of sp³-hybridized carbons (Fsp3) is 0.533. The van der Waals surface area contributed by atoms with E-state index < -0.39 is 0 Å². The Morgan fingerprint density at radius 1 is 1.39 bits per heavy atom. The number of nitrogens with zero attached hydrogens (tertiary/aromatic N) is 1. The third-order valence-corrected chi connectivity index (χ3v) is 4.14. The summed E-state index contributed by atoms with van der Waals surface area (Å²) >= 11 is 1.51. The van der Waals surface area contributed by atoms with Gasteiger partial charge in [-0.05, 0) is 42.8 Å². The molecule has 0 spiro atoms. The molecule has 0 aromatic carbocycles. The van der Waals surface area contributed by atoms with Gasteiger partial charge in [-0.1, -0.05) is 45.4 Å². The summed E-state index contributed by atoms with van der Waals surface area (Å²) < 4.78 is 4.31. The van der Waals surface area contributed by atoms with Crippen molar-refractivity contribution >= 4 is 29.0 Å². The van der Waals surface area contributed by atoms with Crippen LogP contribution in [0.25, 0.3) is 11.6 Å². The Bertz CT molecular complexity index is 453. The maximum atomic E-state index is 5.96. The lowest BCUT2D eigenvalue weighted by Gasteiger charge is -2.27. The van der Waals surface area contributed by atoms with Gasteiger partial charge in [0, 0.05) is 5.56 Å². The van der Waals surface area contributed by atoms with E-state index in [2.05, 4.69) is 44.2 Å². The first-order valence-electron chi connectivity index (χ1n) is 6.53. The van der Waals surface area contributed by atoms with Crippen LogP contribution in [0.2, 0.25) is 0 Å². The molecule has 0 atom stereocenters. The molecule has 0 aliphatic heterocycles. The fourth-order valence-corrected chi connectivity index (χ4v) is 3.47. The van der Waals surface area contributed by atoms with Gasteiger partial charge in [0.1, 0.15) is 5.82 Å². The number of allylic oxidation sites excluding steroid dienone is 3. The molecular weight excluding hydrogens is 240 g/mol. The molecule has 0 bridgehead atoms. The van der Waals surface area contributed by atoms with E-state index in [0.29, 0.717) is 5.82 Å². The van der Waals surface area contributed by atoms with E-state index in [9.17, 15) is 0 Å². The summed E-state index contributed by atoms with van der Waals surface area (Å²) in [5.74, 6) is 0.639. The highest BCUT2D eigenvalue weighted by Crippen LogP contribution is 2.42. The third kappa shape index (κ3) is 3.02. The Hall–Kier alpha value is -1.09. The number of hydrogen-bond donors (Lipinski definition) is 1. The summed E-state index contributed by atoms with van der Waals surface area (Å²) in [5.41, 5.74) is 8.55. The van der Waals surface area contributed by atoms with Crippen molar-refractivity contribution in [3.8, 4) is 0 Å². The molecule has 3 heteroatoms. The minimum atomic E-state index is 0.165. The zero-order valence-electron chi connectivity index (χ0n) is 12.1. The van der Waals surface area contributed by atoms with E-state index >= 15 is 0 Å². The molecule has 0 aliphatic carbocycles. The standard InChI is InChI=1S/C15H24N2S/c1-6-9-11-13(18-17-14(11)16)12(8-3)15(4,5)10-7-2/h6,8-9H,7,10H2,1-5H3,(H2,16,17)/b9-6-,12-8+. The van der Waals surface area contributed by atoms with Crippen LogP contribution >= 0.6 is 11.5 Å². The average Bonchev–Trinajstić information content (AvgIpc) is 2.63. The van der Waals surface area contributed by atoms with Crippen molar-refractivity contribution in [2.75, 3.05) is 5.73 Å². The second kappa shape index (κ2) is 6.19. The van der Waals surface area contributed by atoms with Crippen LogP contribution in [0.15, 0.2) is 12.2 Å². The summed E-state index contributed by atoms with van der Waals surface area (Å²) in [7, 11) is 0. The molecule has 0 unspecified atom stereocenters. The first-order chi connectivity index (χ1) is 8.47. The van der Waals surface area contributed by atoms with E-state index in [0.717, 1.165) is 5.56 Å². The fourth-order valence-electron chi connectivity index (χ4n) is 2.42. The maximum absolute atomic E-state index is 5.96. The van der Waals surface area contributed by atoms with Crippen molar-refractivity contribution in [3.05, 3.63) is 22.6 Å². The van der Waals surface area contributed by atoms with Crippen molar-refractivity contribution < 1.29 is 0 Å². The van der Waals surface area contributed by atoms with Crippen LogP contribution in [0.3, 0.4) is 0 Å². The molecular formula is C15H24N2S. The van der Waals surface area contributed by atoms with E-state index in [1.807, 2.05) is 13.0 Å². The number of rotatable bonds is 5. The number of nitrogen functional groups attached to an aromatic ring is 1. The smallest absolute Gasteiger partial charge is 0.144 e. The highest BCUT2D eigenvalue weighted by atomic mass is 32.1. The van der Waals surface area contributed by atoms with Crippen LogP contribution in [-0.4, -0.2) is 4.37 Å². The van der Waals surface area contributed by atoms with E-state index in [1.165, 1.54) is 34.8 Å². The third-order valence-electron chi connectivity index (χ3n) is 3.23. The largest absolute Gasteiger partial charge is 0.382 e. The Labute approximate surface area is 115 Å². The molecule has 18 heavy (non-hydrogen) atoms. The van der Waals surface area contributed by atoms with Crippen molar-refractivity contribution in [3.63, 3.8) is 0 Å². The predicted octanol–water partition coefficient (Wildman–Crippen LogP) is 4.99. The Kier molecular flexibility index (Phi) is 5.15. The summed E-state index contributed by atoms with van der Waals surface area (Å²) in [6.07, 6.45) is 8.62. The number of anilines is 1. The lowest BCUT2D eigenvalue weighted by Crippen LogP contribution is -2.13. The van der Waals surface area contributed by atoms with E-state index in [1.54, 1.807) is 0 Å². The zero-order valence-corrected chi connectivity index (χ0v) is 12.9. The van der Waals surface area contributed by atoms with Crippen molar-refractivity contribution in [2.45, 2.75) is 47.5 Å². The van der Waals surface area contributed by atoms with Gasteiger partial charge in [-0.25, -0.2) is 0 Å². The van der Waals surface area contributed by atoms with Crippen molar-refractivity contribution in [1.29, 1.82) is 0 Å². The molecule has 0 radical (unpaired) electrons. The second-order valence-electron chi connectivity index (χ2n) is 5.15. The lowest BCUT2D eigenvalue weighted by molar-refractivity contribution is 0.450. The lowest BCUT2D eigenvalue weighted by atomic mass is 9.78. The number of aromatic nitrogens is 1. The monoisotopic (exact) mass is 264 g/mol. The highest BCUT2D eigenvalue weighted by Gasteiger charge is 2.26. The SMILES string of the molecule is C/C=C\c1c(N)nsc1/C(=C\C)C(C)(C)CCC. The average molecular weight is 264 g/mol.